The first-order valence-corrected chi connectivity index (χ1v) is 20.9. The summed E-state index contributed by atoms with van der Waals surface area (Å²) in [7, 11) is 0. The fourth-order valence-electron chi connectivity index (χ4n) is 12.7. The van der Waals surface area contributed by atoms with Crippen LogP contribution in [-0.2, 0) is 38.0 Å². The van der Waals surface area contributed by atoms with Crippen LogP contribution in [0.15, 0.2) is 11.6 Å². The number of alkyl halides is 1. The van der Waals surface area contributed by atoms with Gasteiger partial charge in [0.05, 0.1) is 48.8 Å². The van der Waals surface area contributed by atoms with Crippen LogP contribution in [0.25, 0.3) is 0 Å². The largest absolute Gasteiger partial charge is 0.458 e. The van der Waals surface area contributed by atoms with Crippen molar-refractivity contribution in [1.29, 1.82) is 0 Å². The fraction of sp³-hybridized carbons (Fsp3) is 0.927. The van der Waals surface area contributed by atoms with Crippen molar-refractivity contribution < 1.29 is 67.9 Å². The Morgan fingerprint density at radius 1 is 0.709 bits per heavy atom. The number of carbonyl (C=O) groups is 1. The van der Waals surface area contributed by atoms with E-state index >= 15 is 4.39 Å². The topological polar surface area (TPSA) is 183 Å². The molecule has 1 unspecified atom stereocenters. The molecule has 55 heavy (non-hydrogen) atoms. The van der Waals surface area contributed by atoms with Gasteiger partial charge in [0.1, 0.15) is 30.6 Å². The zero-order chi connectivity index (χ0) is 39.2. The van der Waals surface area contributed by atoms with Crippen molar-refractivity contribution in [2.45, 2.75) is 197 Å². The monoisotopic (exact) mass is 782 g/mol. The molecule has 13 nitrogen and oxygen atoms in total. The molecule has 0 radical (unpaired) electrons. The van der Waals surface area contributed by atoms with Crippen molar-refractivity contribution in [3.05, 3.63) is 11.6 Å². The lowest BCUT2D eigenvalue weighted by Gasteiger charge is -2.64. The van der Waals surface area contributed by atoms with E-state index in [0.717, 1.165) is 37.7 Å². The van der Waals surface area contributed by atoms with E-state index in [1.165, 1.54) is 6.08 Å². The van der Waals surface area contributed by atoms with Crippen molar-refractivity contribution in [1.82, 2.24) is 0 Å². The van der Waals surface area contributed by atoms with Crippen LogP contribution in [-0.4, -0.2) is 130 Å². The average molecular weight is 783 g/mol. The number of cyclic esters (lactones) is 1. The summed E-state index contributed by atoms with van der Waals surface area (Å²) in [5.74, 6) is -0.364. The molecule has 4 aliphatic heterocycles. The highest BCUT2D eigenvalue weighted by atomic mass is 19.1. The number of halogens is 1. The lowest BCUT2D eigenvalue weighted by Crippen LogP contribution is -2.65. The predicted molar refractivity (Wildman–Crippen MR) is 191 cm³/mol. The highest BCUT2D eigenvalue weighted by Crippen LogP contribution is 2.71. The number of rotatable bonds is 7. The third-order valence-corrected chi connectivity index (χ3v) is 15.9. The molecule has 0 spiro atoms. The first-order chi connectivity index (χ1) is 26.0. The maximum absolute atomic E-state index is 17.6. The number of hydrogen-bond acceptors (Lipinski definition) is 13. The molecule has 7 fully saturated rings. The summed E-state index contributed by atoms with van der Waals surface area (Å²) >= 11 is 0. The van der Waals surface area contributed by atoms with E-state index in [2.05, 4.69) is 6.92 Å². The van der Waals surface area contributed by atoms with E-state index < -0.39 is 91.0 Å². The van der Waals surface area contributed by atoms with Gasteiger partial charge in [-0.25, -0.2) is 9.18 Å². The van der Waals surface area contributed by atoms with Gasteiger partial charge in [-0.3, -0.25) is 0 Å². The number of aliphatic hydroxyl groups is 5. The van der Waals surface area contributed by atoms with Gasteiger partial charge in [0.15, 0.2) is 18.9 Å². The molecule has 0 amide bonds. The van der Waals surface area contributed by atoms with Crippen molar-refractivity contribution >= 4 is 5.97 Å². The van der Waals surface area contributed by atoms with Crippen LogP contribution in [0, 0.1) is 34.5 Å². The predicted octanol–water partition coefficient (Wildman–Crippen LogP) is 3.20. The molecule has 0 bridgehead atoms. The maximum Gasteiger partial charge on any atom is 0.331 e. The number of hydrogen-bond donors (Lipinski definition) is 5. The van der Waals surface area contributed by atoms with Gasteiger partial charge in [-0.15, -0.1) is 0 Å². The minimum Gasteiger partial charge on any atom is -0.458 e. The average Bonchev–Trinajstić information content (AvgIpc) is 3.67. The first kappa shape index (κ1) is 40.5. The van der Waals surface area contributed by atoms with E-state index in [-0.39, 0.29) is 61.1 Å². The van der Waals surface area contributed by atoms with Crippen LogP contribution in [0.4, 0.5) is 4.39 Å². The number of carbonyl (C=O) groups excluding carboxylic acids is 1. The maximum atomic E-state index is 17.6. The van der Waals surface area contributed by atoms with Gasteiger partial charge in [-0.2, -0.15) is 0 Å². The summed E-state index contributed by atoms with van der Waals surface area (Å²) in [5.41, 5.74) is -1.77. The normalized spacial score (nSPS) is 55.5. The van der Waals surface area contributed by atoms with Gasteiger partial charge < -0.3 is 58.7 Å². The molecule has 8 aliphatic rings. The minimum atomic E-state index is -1.51. The van der Waals surface area contributed by atoms with Gasteiger partial charge in [0.25, 0.3) is 0 Å². The Morgan fingerprint density at radius 3 is 1.89 bits per heavy atom. The molecule has 4 heterocycles. The molecule has 5 N–H and O–H groups in total. The quantitative estimate of drug-likeness (QED) is 0.188. The summed E-state index contributed by atoms with van der Waals surface area (Å²) in [4.78, 5) is 11.9. The lowest BCUT2D eigenvalue weighted by atomic mass is 9.43. The molecule has 8 rings (SSSR count). The van der Waals surface area contributed by atoms with Crippen molar-refractivity contribution in [3.8, 4) is 0 Å². The molecule has 14 heteroatoms. The van der Waals surface area contributed by atoms with Crippen molar-refractivity contribution in [2.24, 2.45) is 34.5 Å². The Morgan fingerprint density at radius 2 is 1.31 bits per heavy atom. The summed E-state index contributed by atoms with van der Waals surface area (Å²) < 4.78 is 59.6. The molecule has 4 aliphatic carbocycles. The molecule has 0 aromatic carbocycles. The molecular formula is C41H63FO13. The molecule has 0 aromatic rings. The smallest absolute Gasteiger partial charge is 0.331 e. The number of ether oxygens (including phenoxy) is 7. The van der Waals surface area contributed by atoms with Gasteiger partial charge >= 0.3 is 5.97 Å². The second-order valence-electron chi connectivity index (χ2n) is 18.8. The van der Waals surface area contributed by atoms with Gasteiger partial charge in [-0.1, -0.05) is 13.8 Å². The van der Waals surface area contributed by atoms with Crippen LogP contribution in [0.2, 0.25) is 0 Å². The summed E-state index contributed by atoms with van der Waals surface area (Å²) in [6, 6.07) is 0. The van der Waals surface area contributed by atoms with Crippen LogP contribution in [0.5, 0.6) is 0 Å². The van der Waals surface area contributed by atoms with E-state index in [0.29, 0.717) is 25.2 Å². The summed E-state index contributed by atoms with van der Waals surface area (Å²) in [6.07, 6.45) is -2.63. The van der Waals surface area contributed by atoms with Gasteiger partial charge in [0.2, 0.25) is 0 Å². The zero-order valence-electron chi connectivity index (χ0n) is 32.8. The highest BCUT2D eigenvalue weighted by molar-refractivity contribution is 5.85. The Balaban J connectivity index is 0.837. The van der Waals surface area contributed by atoms with E-state index in [1.807, 2.05) is 13.8 Å². The third kappa shape index (κ3) is 6.94. The molecule has 0 aromatic heterocycles. The van der Waals surface area contributed by atoms with E-state index in [4.69, 9.17) is 33.2 Å². The highest BCUT2D eigenvalue weighted by Gasteiger charge is 2.72. The Bertz CT molecular complexity index is 1410. The fourth-order valence-corrected chi connectivity index (χ4v) is 12.7. The minimum absolute atomic E-state index is 0.0523. The summed E-state index contributed by atoms with van der Waals surface area (Å²) in [6.45, 7) is 9.64. The number of fused-ring (bicyclic) bond motifs is 5. The van der Waals surface area contributed by atoms with Crippen LogP contribution >= 0.6 is 0 Å². The Hall–Kier alpha value is -1.30. The third-order valence-electron chi connectivity index (χ3n) is 15.9. The Kier molecular flexibility index (Phi) is 11.1. The molecule has 3 saturated heterocycles. The van der Waals surface area contributed by atoms with E-state index in [9.17, 15) is 30.3 Å². The van der Waals surface area contributed by atoms with Crippen LogP contribution in [0.1, 0.15) is 105 Å². The number of aliphatic hydroxyl groups excluding tert-OH is 5. The molecule has 4 saturated carbocycles. The van der Waals surface area contributed by atoms with Gasteiger partial charge in [-0.05, 0) is 107 Å². The lowest BCUT2D eigenvalue weighted by molar-refractivity contribution is -0.336. The van der Waals surface area contributed by atoms with Gasteiger partial charge in [0, 0.05) is 30.8 Å². The standard InChI is InChI=1S/C41H63FO13/c1-19-36(48)28(43)15-34(50-19)54-38-21(3)52-35(17-30(38)45)55-37-20(2)51-33(16-29(37)44)53-24-8-10-39(4)23(13-24)6-7-26-27(39)14-31(46)40(5)25(9-11-41(26,40)42)22-12-32(47)49-18-22/h12,19-21,23-31,33-38,43-46,48H,6-11,13-18H2,1-5H3/t19-,20-,21-,23?,24+,25-,26-,27+,28+,29+,30+,31-,33+,34+,35+,36-,37-,38-,39+,40+,41+/m1/s1. The summed E-state index contributed by atoms with van der Waals surface area (Å²) in [5, 5.41) is 54.2. The second-order valence-corrected chi connectivity index (χ2v) is 18.8. The molecular weight excluding hydrogens is 719 g/mol. The molecule has 312 valence electrons. The van der Waals surface area contributed by atoms with Crippen LogP contribution < -0.4 is 0 Å². The first-order valence-electron chi connectivity index (χ1n) is 20.9. The van der Waals surface area contributed by atoms with Crippen LogP contribution in [0.3, 0.4) is 0 Å². The molecule has 21 atom stereocenters. The zero-order valence-corrected chi connectivity index (χ0v) is 32.8. The second kappa shape index (κ2) is 15.1. The van der Waals surface area contributed by atoms with E-state index in [1.54, 1.807) is 13.8 Å². The Labute approximate surface area is 323 Å². The SMILES string of the molecule is C[C@H]1O[C@@H](O[C@H]2[C@@H](O)C[C@H](O[C@H]3[C@@H](O)C[C@H](O[C@H]4CC[C@@]5(C)C(CC[C@@H]6[C@@H]5C[C@@H](O)[C@]5(C)[C@@H](C7=CC(=O)OC7)CC[C@]65F)C4)O[C@@H]3C)O[C@@H]2C)C[C@H](O)[C@@H]1O. The van der Waals surface area contributed by atoms with Crippen molar-refractivity contribution in [2.75, 3.05) is 6.61 Å². The van der Waals surface area contributed by atoms with Crippen molar-refractivity contribution in [3.63, 3.8) is 0 Å². The number of esters is 1.